The minimum atomic E-state index is 0.924. The third-order valence-corrected chi connectivity index (χ3v) is 3.09. The average Bonchev–Trinajstić information content (AvgIpc) is 2.06. The van der Waals surface area contributed by atoms with Crippen molar-refractivity contribution >= 4 is 0 Å². The van der Waals surface area contributed by atoms with Crippen molar-refractivity contribution < 1.29 is 0 Å². The van der Waals surface area contributed by atoms with Crippen LogP contribution in [0.4, 0.5) is 0 Å². The second-order valence-corrected chi connectivity index (χ2v) is 4.35. The van der Waals surface area contributed by atoms with Crippen LogP contribution in [0, 0.1) is 11.8 Å². The average molecular weight is 184 g/mol. The van der Waals surface area contributed by atoms with E-state index >= 15 is 0 Å². The molecule has 0 saturated heterocycles. The Morgan fingerprint density at radius 3 is 1.54 bits per heavy atom. The third-order valence-electron chi connectivity index (χ3n) is 3.09. The van der Waals surface area contributed by atoms with E-state index in [1.54, 1.807) is 0 Å². The smallest absolute Gasteiger partial charge is 0.0391 e. The highest BCUT2D eigenvalue weighted by Crippen LogP contribution is 2.27. The molecule has 0 nitrogen and oxygen atoms in total. The van der Waals surface area contributed by atoms with Gasteiger partial charge in [-0.3, -0.25) is 0 Å². The molecule has 1 saturated carbocycles. The molecule has 1 aliphatic rings. The highest BCUT2D eigenvalue weighted by atomic mass is 14.2. The summed E-state index contributed by atoms with van der Waals surface area (Å²) >= 11 is 0. The molecule has 1 aliphatic carbocycles. The molecule has 0 atom stereocenters. The van der Waals surface area contributed by atoms with E-state index in [1.165, 1.54) is 44.9 Å². The Labute approximate surface area is 85.1 Å². The topological polar surface area (TPSA) is 0 Å². The van der Waals surface area contributed by atoms with Gasteiger partial charge in [0, 0.05) is 0 Å². The Hall–Kier alpha value is 0. The Bertz CT molecular complexity index is 86.2. The molecule has 0 heteroatoms. The first kappa shape index (κ1) is 13.0. The molecule has 0 aromatic carbocycles. The SMILES string of the molecule is CC.CC(C)C1CCCCCCC1. The van der Waals surface area contributed by atoms with E-state index in [1.807, 2.05) is 13.8 Å². The largest absolute Gasteiger partial charge is 0.0683 e. The first-order valence-electron chi connectivity index (χ1n) is 6.30. The van der Waals surface area contributed by atoms with Crippen LogP contribution in [-0.4, -0.2) is 0 Å². The molecule has 0 radical (unpaired) electrons. The summed E-state index contributed by atoms with van der Waals surface area (Å²) in [5.74, 6) is 1.96. The maximum atomic E-state index is 2.38. The minimum absolute atomic E-state index is 0.924. The quantitative estimate of drug-likeness (QED) is 0.536. The predicted octanol–water partition coefficient (Wildman–Crippen LogP) is 5.03. The molecular formula is C13H28. The van der Waals surface area contributed by atoms with Crippen LogP contribution in [0.2, 0.25) is 0 Å². The summed E-state index contributed by atoms with van der Waals surface area (Å²) in [6.45, 7) is 8.76. The molecule has 0 aromatic heterocycles. The summed E-state index contributed by atoms with van der Waals surface area (Å²) in [7, 11) is 0. The normalized spacial score (nSPS) is 20.1. The van der Waals surface area contributed by atoms with Crippen molar-refractivity contribution in [2.75, 3.05) is 0 Å². The van der Waals surface area contributed by atoms with Gasteiger partial charge < -0.3 is 0 Å². The monoisotopic (exact) mass is 184 g/mol. The molecule has 13 heavy (non-hydrogen) atoms. The Morgan fingerprint density at radius 1 is 0.769 bits per heavy atom. The van der Waals surface area contributed by atoms with Gasteiger partial charge in [0.05, 0.1) is 0 Å². The first-order chi connectivity index (χ1) is 6.30. The van der Waals surface area contributed by atoms with Crippen LogP contribution >= 0.6 is 0 Å². The summed E-state index contributed by atoms with van der Waals surface area (Å²) in [4.78, 5) is 0. The van der Waals surface area contributed by atoms with E-state index in [0.717, 1.165) is 11.8 Å². The minimum Gasteiger partial charge on any atom is -0.0683 e. The molecule has 0 N–H and O–H groups in total. The van der Waals surface area contributed by atoms with Crippen molar-refractivity contribution in [3.63, 3.8) is 0 Å². The van der Waals surface area contributed by atoms with Crippen LogP contribution in [0.3, 0.4) is 0 Å². The molecule has 1 rings (SSSR count). The lowest BCUT2D eigenvalue weighted by Crippen LogP contribution is -2.10. The van der Waals surface area contributed by atoms with Crippen LogP contribution in [0.25, 0.3) is 0 Å². The van der Waals surface area contributed by atoms with Crippen LogP contribution in [0.15, 0.2) is 0 Å². The van der Waals surface area contributed by atoms with E-state index in [9.17, 15) is 0 Å². The maximum absolute atomic E-state index is 2.38. The lowest BCUT2D eigenvalue weighted by atomic mass is 9.84. The zero-order chi connectivity index (χ0) is 10.1. The first-order valence-corrected chi connectivity index (χ1v) is 6.30. The van der Waals surface area contributed by atoms with Gasteiger partial charge in [0.25, 0.3) is 0 Å². The number of hydrogen-bond donors (Lipinski definition) is 0. The summed E-state index contributed by atoms with van der Waals surface area (Å²) in [6.07, 6.45) is 10.4. The van der Waals surface area contributed by atoms with Gasteiger partial charge in [-0.05, 0) is 11.8 Å². The summed E-state index contributed by atoms with van der Waals surface area (Å²) in [5, 5.41) is 0. The Balaban J connectivity index is 0.000000671. The van der Waals surface area contributed by atoms with Gasteiger partial charge in [0.2, 0.25) is 0 Å². The summed E-state index contributed by atoms with van der Waals surface area (Å²) in [6, 6.07) is 0. The van der Waals surface area contributed by atoms with Gasteiger partial charge in [-0.25, -0.2) is 0 Å². The Morgan fingerprint density at radius 2 is 1.15 bits per heavy atom. The van der Waals surface area contributed by atoms with E-state index in [-0.39, 0.29) is 0 Å². The second kappa shape index (κ2) is 8.59. The standard InChI is InChI=1S/C11H22.C2H6/c1-10(2)11-8-6-4-3-5-7-9-11;1-2/h10-11H,3-9H2,1-2H3;1-2H3. The van der Waals surface area contributed by atoms with Crippen molar-refractivity contribution in [1.29, 1.82) is 0 Å². The zero-order valence-electron chi connectivity index (χ0n) is 10.1. The molecule has 0 unspecified atom stereocenters. The second-order valence-electron chi connectivity index (χ2n) is 4.35. The zero-order valence-corrected chi connectivity index (χ0v) is 10.1. The molecule has 0 aromatic rings. The van der Waals surface area contributed by atoms with Crippen molar-refractivity contribution in [2.24, 2.45) is 11.8 Å². The van der Waals surface area contributed by atoms with E-state index in [2.05, 4.69) is 13.8 Å². The molecule has 1 fully saturated rings. The van der Waals surface area contributed by atoms with E-state index < -0.39 is 0 Å². The van der Waals surface area contributed by atoms with Crippen molar-refractivity contribution in [2.45, 2.75) is 72.6 Å². The highest BCUT2D eigenvalue weighted by Gasteiger charge is 2.13. The van der Waals surface area contributed by atoms with Gasteiger partial charge >= 0.3 is 0 Å². The molecule has 80 valence electrons. The van der Waals surface area contributed by atoms with Gasteiger partial charge in [0.15, 0.2) is 0 Å². The summed E-state index contributed by atoms with van der Waals surface area (Å²) < 4.78 is 0. The van der Waals surface area contributed by atoms with Crippen LogP contribution in [-0.2, 0) is 0 Å². The number of rotatable bonds is 1. The summed E-state index contributed by atoms with van der Waals surface area (Å²) in [5.41, 5.74) is 0. The van der Waals surface area contributed by atoms with Gasteiger partial charge in [-0.1, -0.05) is 72.6 Å². The predicted molar refractivity (Wildman–Crippen MR) is 62.0 cm³/mol. The van der Waals surface area contributed by atoms with Crippen molar-refractivity contribution in [3.8, 4) is 0 Å². The molecule has 0 amide bonds. The van der Waals surface area contributed by atoms with Crippen molar-refractivity contribution in [1.82, 2.24) is 0 Å². The van der Waals surface area contributed by atoms with Gasteiger partial charge in [0.1, 0.15) is 0 Å². The lowest BCUT2D eigenvalue weighted by Gasteiger charge is -2.22. The van der Waals surface area contributed by atoms with E-state index in [0.29, 0.717) is 0 Å². The van der Waals surface area contributed by atoms with Crippen LogP contribution in [0.5, 0.6) is 0 Å². The van der Waals surface area contributed by atoms with Crippen molar-refractivity contribution in [3.05, 3.63) is 0 Å². The molecule has 0 heterocycles. The fourth-order valence-corrected chi connectivity index (χ4v) is 2.15. The third kappa shape index (κ3) is 6.12. The van der Waals surface area contributed by atoms with Crippen LogP contribution in [0.1, 0.15) is 72.6 Å². The molecular weight excluding hydrogens is 156 g/mol. The maximum Gasteiger partial charge on any atom is -0.0391 e. The molecule has 0 bridgehead atoms. The van der Waals surface area contributed by atoms with E-state index in [4.69, 9.17) is 0 Å². The fraction of sp³-hybridized carbons (Fsp3) is 1.00. The van der Waals surface area contributed by atoms with Gasteiger partial charge in [-0.15, -0.1) is 0 Å². The Kier molecular flexibility index (Phi) is 8.59. The van der Waals surface area contributed by atoms with Gasteiger partial charge in [-0.2, -0.15) is 0 Å². The highest BCUT2D eigenvalue weighted by molar-refractivity contribution is 4.66. The fourth-order valence-electron chi connectivity index (χ4n) is 2.15. The number of hydrogen-bond acceptors (Lipinski definition) is 0. The van der Waals surface area contributed by atoms with Crippen LogP contribution < -0.4 is 0 Å². The molecule has 0 aliphatic heterocycles. The lowest BCUT2D eigenvalue weighted by molar-refractivity contribution is 0.298. The molecule has 0 spiro atoms.